The third-order valence-corrected chi connectivity index (χ3v) is 4.20. The van der Waals surface area contributed by atoms with Crippen molar-refractivity contribution >= 4 is 5.91 Å². The van der Waals surface area contributed by atoms with Crippen LogP contribution in [0.25, 0.3) is 0 Å². The van der Waals surface area contributed by atoms with Gasteiger partial charge in [-0.3, -0.25) is 4.79 Å². The van der Waals surface area contributed by atoms with Gasteiger partial charge in [0.2, 0.25) is 5.91 Å². The van der Waals surface area contributed by atoms with Crippen molar-refractivity contribution in [2.24, 2.45) is 0 Å². The van der Waals surface area contributed by atoms with Gasteiger partial charge in [-0.05, 0) is 24.0 Å². The molecule has 3 nitrogen and oxygen atoms in total. The van der Waals surface area contributed by atoms with Gasteiger partial charge >= 0.3 is 0 Å². The van der Waals surface area contributed by atoms with Gasteiger partial charge in [0, 0.05) is 0 Å². The molecule has 3 rings (SSSR count). The molecule has 1 atom stereocenters. The van der Waals surface area contributed by atoms with E-state index in [1.807, 2.05) is 60.7 Å². The van der Waals surface area contributed by atoms with E-state index in [1.165, 1.54) is 0 Å². The zero-order valence-corrected chi connectivity index (χ0v) is 11.8. The van der Waals surface area contributed by atoms with Crippen LogP contribution in [0.2, 0.25) is 0 Å². The normalized spacial score (nSPS) is 17.0. The third kappa shape index (κ3) is 2.69. The molecule has 0 spiro atoms. The van der Waals surface area contributed by atoms with Gasteiger partial charge in [0.1, 0.15) is 0 Å². The van der Waals surface area contributed by atoms with Crippen molar-refractivity contribution in [3.05, 3.63) is 71.8 Å². The van der Waals surface area contributed by atoms with Crippen LogP contribution < -0.4 is 5.32 Å². The van der Waals surface area contributed by atoms with Crippen LogP contribution in [0.5, 0.6) is 0 Å². The van der Waals surface area contributed by atoms with E-state index in [9.17, 15) is 9.90 Å². The summed E-state index contributed by atoms with van der Waals surface area (Å²) in [5, 5.41) is 12.6. The minimum absolute atomic E-state index is 0.0107. The van der Waals surface area contributed by atoms with Crippen LogP contribution in [0.15, 0.2) is 60.7 Å². The van der Waals surface area contributed by atoms with Crippen molar-refractivity contribution in [2.45, 2.75) is 24.3 Å². The smallest absolute Gasteiger partial charge is 0.231 e. The van der Waals surface area contributed by atoms with Crippen molar-refractivity contribution in [2.75, 3.05) is 6.61 Å². The van der Waals surface area contributed by atoms with Crippen LogP contribution in [0.4, 0.5) is 0 Å². The zero-order valence-electron chi connectivity index (χ0n) is 11.8. The molecule has 1 fully saturated rings. The topological polar surface area (TPSA) is 49.3 Å². The molecule has 108 valence electrons. The molecule has 1 saturated carbocycles. The van der Waals surface area contributed by atoms with Gasteiger partial charge in [-0.1, -0.05) is 60.7 Å². The molecule has 1 unspecified atom stereocenters. The summed E-state index contributed by atoms with van der Waals surface area (Å²) < 4.78 is 0. The maximum atomic E-state index is 12.6. The van der Waals surface area contributed by atoms with E-state index in [-0.39, 0.29) is 18.6 Å². The highest BCUT2D eigenvalue weighted by Crippen LogP contribution is 2.48. The Hall–Kier alpha value is -2.13. The van der Waals surface area contributed by atoms with Crippen LogP contribution in [0.1, 0.15) is 30.0 Å². The number of amides is 1. The number of benzene rings is 2. The molecule has 1 aliphatic rings. The standard InChI is InChI=1S/C18H19NO2/c20-13-16(14-7-3-1-4-8-14)19-17(21)18(11-12-18)15-9-5-2-6-10-15/h1-10,16,20H,11-13H2,(H,19,21). The first-order chi connectivity index (χ1) is 10.3. The Kier molecular flexibility index (Phi) is 3.76. The molecule has 0 bridgehead atoms. The predicted molar refractivity (Wildman–Crippen MR) is 81.8 cm³/mol. The van der Waals surface area contributed by atoms with Gasteiger partial charge < -0.3 is 10.4 Å². The average molecular weight is 281 g/mol. The molecule has 1 amide bonds. The van der Waals surface area contributed by atoms with Gasteiger partial charge in [0.25, 0.3) is 0 Å². The monoisotopic (exact) mass is 281 g/mol. The van der Waals surface area contributed by atoms with Crippen LogP contribution in [-0.2, 0) is 10.2 Å². The Labute approximate surface area is 124 Å². The summed E-state index contributed by atoms with van der Waals surface area (Å²) in [5.41, 5.74) is 1.59. The Balaban J connectivity index is 1.77. The Morgan fingerprint density at radius 2 is 1.62 bits per heavy atom. The molecule has 1 aliphatic carbocycles. The summed E-state index contributed by atoms with van der Waals surface area (Å²) in [4.78, 5) is 12.6. The maximum Gasteiger partial charge on any atom is 0.231 e. The van der Waals surface area contributed by atoms with E-state index in [1.54, 1.807) is 0 Å². The van der Waals surface area contributed by atoms with Gasteiger partial charge in [0.15, 0.2) is 0 Å². The summed E-state index contributed by atoms with van der Waals surface area (Å²) in [6.45, 7) is -0.0966. The summed E-state index contributed by atoms with van der Waals surface area (Å²) >= 11 is 0. The Morgan fingerprint density at radius 1 is 1.05 bits per heavy atom. The highest BCUT2D eigenvalue weighted by molar-refractivity contribution is 5.91. The fraction of sp³-hybridized carbons (Fsp3) is 0.278. The van der Waals surface area contributed by atoms with Gasteiger partial charge in [0.05, 0.1) is 18.1 Å². The number of hydrogen-bond donors (Lipinski definition) is 2. The number of rotatable bonds is 5. The van der Waals surface area contributed by atoms with Crippen molar-refractivity contribution < 1.29 is 9.90 Å². The average Bonchev–Trinajstić information content (AvgIpc) is 3.36. The highest BCUT2D eigenvalue weighted by atomic mass is 16.3. The molecule has 0 saturated heterocycles. The molecular weight excluding hydrogens is 262 g/mol. The Morgan fingerprint density at radius 3 is 2.14 bits per heavy atom. The van der Waals surface area contributed by atoms with Crippen LogP contribution in [0, 0.1) is 0 Å². The van der Waals surface area contributed by atoms with Crippen molar-refractivity contribution in [1.82, 2.24) is 5.32 Å². The largest absolute Gasteiger partial charge is 0.394 e. The number of nitrogens with one attached hydrogen (secondary N) is 1. The molecule has 21 heavy (non-hydrogen) atoms. The van der Waals surface area contributed by atoms with E-state index < -0.39 is 5.41 Å². The second-order valence-electron chi connectivity index (χ2n) is 5.57. The SMILES string of the molecule is O=C(NC(CO)c1ccccc1)C1(c2ccccc2)CC1. The molecule has 3 heteroatoms. The molecule has 0 heterocycles. The molecule has 0 aromatic heterocycles. The predicted octanol–water partition coefficient (Wildman–Crippen LogP) is 2.57. The molecule has 2 aromatic rings. The molecule has 2 N–H and O–H groups in total. The number of carbonyl (C=O) groups is 1. The van der Waals surface area contributed by atoms with E-state index >= 15 is 0 Å². The quantitative estimate of drug-likeness (QED) is 0.885. The molecular formula is C18H19NO2. The Bertz CT molecular complexity index is 606. The number of hydrogen-bond acceptors (Lipinski definition) is 2. The van der Waals surface area contributed by atoms with Gasteiger partial charge in [-0.15, -0.1) is 0 Å². The second-order valence-corrected chi connectivity index (χ2v) is 5.57. The van der Waals surface area contributed by atoms with Crippen LogP contribution in [0.3, 0.4) is 0 Å². The number of aliphatic hydroxyl groups excluding tert-OH is 1. The van der Waals surface area contributed by atoms with E-state index in [0.29, 0.717) is 0 Å². The molecule has 0 radical (unpaired) electrons. The first kappa shape index (κ1) is 13.8. The maximum absolute atomic E-state index is 12.6. The van der Waals surface area contributed by atoms with Crippen LogP contribution in [-0.4, -0.2) is 17.6 Å². The van der Waals surface area contributed by atoms with Crippen LogP contribution >= 0.6 is 0 Å². The summed E-state index contributed by atoms with van der Waals surface area (Å²) in [5.74, 6) is 0.0107. The fourth-order valence-corrected chi connectivity index (χ4v) is 2.75. The fourth-order valence-electron chi connectivity index (χ4n) is 2.75. The van der Waals surface area contributed by atoms with E-state index in [0.717, 1.165) is 24.0 Å². The second kappa shape index (κ2) is 5.70. The zero-order chi connectivity index (χ0) is 14.7. The lowest BCUT2D eigenvalue weighted by Crippen LogP contribution is -2.38. The van der Waals surface area contributed by atoms with E-state index in [2.05, 4.69) is 5.32 Å². The van der Waals surface area contributed by atoms with Gasteiger partial charge in [-0.2, -0.15) is 0 Å². The van der Waals surface area contributed by atoms with Crippen molar-refractivity contribution in [1.29, 1.82) is 0 Å². The lowest BCUT2D eigenvalue weighted by atomic mass is 9.94. The van der Waals surface area contributed by atoms with Gasteiger partial charge in [-0.25, -0.2) is 0 Å². The lowest BCUT2D eigenvalue weighted by molar-refractivity contribution is -0.124. The lowest BCUT2D eigenvalue weighted by Gasteiger charge is -2.21. The third-order valence-electron chi connectivity index (χ3n) is 4.20. The minimum Gasteiger partial charge on any atom is -0.394 e. The summed E-state index contributed by atoms with van der Waals surface area (Å²) in [6, 6.07) is 19.1. The first-order valence-electron chi connectivity index (χ1n) is 7.28. The summed E-state index contributed by atoms with van der Waals surface area (Å²) in [7, 11) is 0. The molecule has 0 aliphatic heterocycles. The van der Waals surface area contributed by atoms with E-state index in [4.69, 9.17) is 0 Å². The molecule has 2 aromatic carbocycles. The minimum atomic E-state index is -0.399. The summed E-state index contributed by atoms with van der Waals surface area (Å²) in [6.07, 6.45) is 1.74. The highest BCUT2D eigenvalue weighted by Gasteiger charge is 2.51. The van der Waals surface area contributed by atoms with Crippen molar-refractivity contribution in [3.63, 3.8) is 0 Å². The first-order valence-corrected chi connectivity index (χ1v) is 7.28. The number of carbonyl (C=O) groups excluding carboxylic acids is 1. The number of aliphatic hydroxyl groups is 1. The van der Waals surface area contributed by atoms with Crippen molar-refractivity contribution in [3.8, 4) is 0 Å².